The van der Waals surface area contributed by atoms with E-state index in [1.54, 1.807) is 12.1 Å². The molecule has 0 spiro atoms. The molecule has 2 aromatic rings. The summed E-state index contributed by atoms with van der Waals surface area (Å²) in [4.78, 5) is 26.1. The first-order chi connectivity index (χ1) is 10.1. The lowest BCUT2D eigenvalue weighted by molar-refractivity contribution is 0.0697. The molecule has 21 heavy (non-hydrogen) atoms. The molecule has 5 nitrogen and oxygen atoms in total. The van der Waals surface area contributed by atoms with Crippen LogP contribution >= 0.6 is 0 Å². The minimum atomic E-state index is -0.978. The predicted octanol–water partition coefficient (Wildman–Crippen LogP) is 3.17. The molecule has 1 fully saturated rings. The van der Waals surface area contributed by atoms with E-state index < -0.39 is 5.97 Å². The molecule has 2 N–H and O–H groups in total. The highest BCUT2D eigenvalue weighted by atomic mass is 16.4. The molecule has 1 aromatic heterocycles. The Kier molecular flexibility index (Phi) is 3.57. The van der Waals surface area contributed by atoms with Crippen LogP contribution in [-0.4, -0.2) is 20.6 Å². The van der Waals surface area contributed by atoms with Gasteiger partial charge in [0.1, 0.15) is 0 Å². The van der Waals surface area contributed by atoms with Gasteiger partial charge in [-0.1, -0.05) is 26.2 Å². The summed E-state index contributed by atoms with van der Waals surface area (Å²) in [7, 11) is 0. The minimum Gasteiger partial charge on any atom is -0.478 e. The lowest BCUT2D eigenvalue weighted by atomic mass is 9.84. The molecule has 0 radical (unpaired) electrons. The summed E-state index contributed by atoms with van der Waals surface area (Å²) in [6.07, 6.45) is 5.59. The molecule has 112 valence electrons. The van der Waals surface area contributed by atoms with E-state index in [0.29, 0.717) is 11.4 Å². The van der Waals surface area contributed by atoms with E-state index >= 15 is 0 Å². The second-order valence-electron chi connectivity index (χ2n) is 5.93. The summed E-state index contributed by atoms with van der Waals surface area (Å²) < 4.78 is 1.82. The summed E-state index contributed by atoms with van der Waals surface area (Å²) >= 11 is 0. The van der Waals surface area contributed by atoms with E-state index in [4.69, 9.17) is 5.11 Å². The van der Waals surface area contributed by atoms with Crippen molar-refractivity contribution >= 4 is 17.0 Å². The van der Waals surface area contributed by atoms with Crippen LogP contribution in [0.3, 0.4) is 0 Å². The van der Waals surface area contributed by atoms with Crippen molar-refractivity contribution in [3.8, 4) is 0 Å². The molecular formula is C16H20N2O3. The molecule has 1 aliphatic rings. The third-order valence-corrected chi connectivity index (χ3v) is 4.66. The monoisotopic (exact) mass is 288 g/mol. The van der Waals surface area contributed by atoms with Crippen molar-refractivity contribution in [2.24, 2.45) is 5.92 Å². The van der Waals surface area contributed by atoms with Crippen molar-refractivity contribution in [2.45, 2.75) is 45.1 Å². The lowest BCUT2D eigenvalue weighted by Crippen LogP contribution is -2.26. The fourth-order valence-electron chi connectivity index (χ4n) is 3.49. The molecule has 0 aliphatic heterocycles. The van der Waals surface area contributed by atoms with Gasteiger partial charge in [0, 0.05) is 6.04 Å². The smallest absolute Gasteiger partial charge is 0.335 e. The minimum absolute atomic E-state index is 0.130. The number of H-pyrrole nitrogens is 1. The van der Waals surface area contributed by atoms with Gasteiger partial charge in [-0.2, -0.15) is 0 Å². The number of fused-ring (bicyclic) bond motifs is 1. The first-order valence-corrected chi connectivity index (χ1v) is 7.57. The van der Waals surface area contributed by atoms with Gasteiger partial charge in [0.15, 0.2) is 0 Å². The van der Waals surface area contributed by atoms with Crippen LogP contribution in [0, 0.1) is 5.92 Å². The Bertz CT molecular complexity index is 729. The molecule has 2 unspecified atom stereocenters. The zero-order chi connectivity index (χ0) is 15.0. The highest BCUT2D eigenvalue weighted by Crippen LogP contribution is 2.34. The molecule has 2 atom stereocenters. The number of carbonyl (C=O) groups is 1. The second kappa shape index (κ2) is 5.39. The van der Waals surface area contributed by atoms with Gasteiger partial charge in [-0.25, -0.2) is 9.59 Å². The molecule has 1 aliphatic carbocycles. The average Bonchev–Trinajstić information content (AvgIpc) is 2.82. The number of rotatable bonds is 3. The molecule has 1 aromatic carbocycles. The molecule has 0 bridgehead atoms. The van der Waals surface area contributed by atoms with E-state index in [9.17, 15) is 9.59 Å². The molecule has 1 saturated carbocycles. The van der Waals surface area contributed by atoms with Crippen LogP contribution in [0.5, 0.6) is 0 Å². The first kappa shape index (κ1) is 13.9. The summed E-state index contributed by atoms with van der Waals surface area (Å²) in [6, 6.07) is 5.07. The number of aromatic carboxylic acids is 1. The topological polar surface area (TPSA) is 75.1 Å². The number of nitrogens with one attached hydrogen (secondary N) is 1. The third-order valence-electron chi connectivity index (χ3n) is 4.66. The number of carboxylic acid groups (broad SMARTS) is 1. The first-order valence-electron chi connectivity index (χ1n) is 7.57. The quantitative estimate of drug-likeness (QED) is 0.911. The number of aromatic nitrogens is 2. The molecule has 0 amide bonds. The maximum absolute atomic E-state index is 12.3. The normalized spacial score (nSPS) is 22.5. The number of hydrogen-bond donors (Lipinski definition) is 2. The van der Waals surface area contributed by atoms with E-state index in [1.807, 2.05) is 4.57 Å². The van der Waals surface area contributed by atoms with Gasteiger partial charge in [0.25, 0.3) is 0 Å². The van der Waals surface area contributed by atoms with Crippen molar-refractivity contribution in [1.82, 2.24) is 9.55 Å². The Hall–Kier alpha value is -2.04. The Morgan fingerprint density at radius 2 is 2.24 bits per heavy atom. The zero-order valence-electron chi connectivity index (χ0n) is 12.1. The van der Waals surface area contributed by atoms with Gasteiger partial charge in [-0.05, 0) is 37.0 Å². The average molecular weight is 288 g/mol. The summed E-state index contributed by atoms with van der Waals surface area (Å²) in [5, 5.41) is 9.04. The summed E-state index contributed by atoms with van der Waals surface area (Å²) in [5.74, 6) is -0.298. The van der Waals surface area contributed by atoms with Crippen molar-refractivity contribution in [3.63, 3.8) is 0 Å². The van der Waals surface area contributed by atoms with Gasteiger partial charge < -0.3 is 10.1 Å². The lowest BCUT2D eigenvalue weighted by Gasteiger charge is -2.29. The van der Waals surface area contributed by atoms with Crippen molar-refractivity contribution in [3.05, 3.63) is 34.2 Å². The predicted molar refractivity (Wildman–Crippen MR) is 80.8 cm³/mol. The fraction of sp³-hybridized carbons (Fsp3) is 0.500. The van der Waals surface area contributed by atoms with Gasteiger partial charge in [-0.15, -0.1) is 0 Å². The Morgan fingerprint density at radius 3 is 2.95 bits per heavy atom. The van der Waals surface area contributed by atoms with Crippen LogP contribution in [0.4, 0.5) is 0 Å². The van der Waals surface area contributed by atoms with Crippen molar-refractivity contribution in [1.29, 1.82) is 0 Å². The highest BCUT2D eigenvalue weighted by Gasteiger charge is 2.25. The Morgan fingerprint density at radius 1 is 1.43 bits per heavy atom. The van der Waals surface area contributed by atoms with Crippen molar-refractivity contribution in [2.75, 3.05) is 0 Å². The maximum atomic E-state index is 12.3. The van der Waals surface area contributed by atoms with Gasteiger partial charge in [0.05, 0.1) is 16.6 Å². The largest absolute Gasteiger partial charge is 0.478 e. The number of aromatic amines is 1. The van der Waals surface area contributed by atoms with Crippen LogP contribution in [0.15, 0.2) is 23.0 Å². The molecular weight excluding hydrogens is 268 g/mol. The van der Waals surface area contributed by atoms with Gasteiger partial charge in [0.2, 0.25) is 0 Å². The Balaban J connectivity index is 2.04. The number of benzene rings is 1. The molecule has 0 saturated heterocycles. The molecule has 5 heteroatoms. The third kappa shape index (κ3) is 2.48. The number of carboxylic acids is 1. The number of nitrogens with zero attached hydrogens (tertiary/aromatic N) is 1. The van der Waals surface area contributed by atoms with E-state index in [-0.39, 0.29) is 17.3 Å². The van der Waals surface area contributed by atoms with Gasteiger partial charge in [-0.3, -0.25) is 4.57 Å². The highest BCUT2D eigenvalue weighted by molar-refractivity contribution is 5.92. The van der Waals surface area contributed by atoms with Crippen LogP contribution in [0.1, 0.15) is 55.4 Å². The second-order valence-corrected chi connectivity index (χ2v) is 5.93. The van der Waals surface area contributed by atoms with Crippen molar-refractivity contribution < 1.29 is 9.90 Å². The number of imidazole rings is 1. The molecule has 3 rings (SSSR count). The van der Waals surface area contributed by atoms with E-state index in [2.05, 4.69) is 11.9 Å². The standard InChI is InChI=1S/C16H20N2O3/c1-2-10-4-3-5-12(8-10)18-14-7-6-11(15(19)20)9-13(14)17-16(18)21/h6-7,9-10,12H,2-5,8H2,1H3,(H,17,21)(H,19,20). The number of hydrogen-bond acceptors (Lipinski definition) is 2. The van der Waals surface area contributed by atoms with E-state index in [1.165, 1.54) is 12.5 Å². The van der Waals surface area contributed by atoms with E-state index in [0.717, 1.165) is 31.2 Å². The Labute approximate surface area is 122 Å². The maximum Gasteiger partial charge on any atom is 0.335 e. The molecule has 1 heterocycles. The van der Waals surface area contributed by atoms with Crippen LogP contribution in [-0.2, 0) is 0 Å². The van der Waals surface area contributed by atoms with Crippen LogP contribution in [0.2, 0.25) is 0 Å². The summed E-state index contributed by atoms with van der Waals surface area (Å²) in [5.41, 5.74) is 1.49. The van der Waals surface area contributed by atoms with Crippen LogP contribution in [0.25, 0.3) is 11.0 Å². The fourth-order valence-corrected chi connectivity index (χ4v) is 3.49. The van der Waals surface area contributed by atoms with Crippen LogP contribution < -0.4 is 5.69 Å². The zero-order valence-corrected chi connectivity index (χ0v) is 12.1. The summed E-state index contributed by atoms with van der Waals surface area (Å²) in [6.45, 7) is 2.20. The SMILES string of the molecule is CCC1CCCC(n2c(=O)[nH]c3cc(C(=O)O)ccc32)C1. The van der Waals surface area contributed by atoms with Gasteiger partial charge >= 0.3 is 11.7 Å².